The van der Waals surface area contributed by atoms with E-state index >= 15 is 0 Å². The van der Waals surface area contributed by atoms with E-state index in [9.17, 15) is 4.39 Å². The van der Waals surface area contributed by atoms with Crippen molar-refractivity contribution in [2.75, 3.05) is 0 Å². The average Bonchev–Trinajstić information content (AvgIpc) is 3.26. The minimum absolute atomic E-state index is 0.247. The van der Waals surface area contributed by atoms with Crippen LogP contribution in [0.2, 0.25) is 0 Å². The van der Waals surface area contributed by atoms with Gasteiger partial charge in [0.1, 0.15) is 11.6 Å². The molecule has 1 aliphatic carbocycles. The maximum Gasteiger partial charge on any atom is 0.322 e. The summed E-state index contributed by atoms with van der Waals surface area (Å²) in [6.07, 6.45) is 4.27. The molecule has 0 amide bonds. The van der Waals surface area contributed by atoms with Crippen LogP contribution in [-0.4, -0.2) is 16.0 Å². The molecule has 0 atom stereocenters. The molecule has 4 nitrogen and oxygen atoms in total. The van der Waals surface area contributed by atoms with Gasteiger partial charge in [-0.05, 0) is 38.3 Å². The molecule has 0 spiro atoms. The van der Waals surface area contributed by atoms with E-state index in [4.69, 9.17) is 4.74 Å². The van der Waals surface area contributed by atoms with E-state index in [2.05, 4.69) is 15.3 Å². The molecule has 1 aliphatic rings. The number of aryl methyl sites for hydroxylation is 2. The molecule has 0 bridgehead atoms. The average molecular weight is 287 g/mol. The number of nitrogens with zero attached hydrogens (tertiary/aromatic N) is 2. The van der Waals surface area contributed by atoms with Crippen molar-refractivity contribution in [3.8, 4) is 11.8 Å². The summed E-state index contributed by atoms with van der Waals surface area (Å²) < 4.78 is 18.8. The van der Waals surface area contributed by atoms with Gasteiger partial charge in [0.05, 0.1) is 0 Å². The smallest absolute Gasteiger partial charge is 0.322 e. The van der Waals surface area contributed by atoms with E-state index in [1.54, 1.807) is 12.3 Å². The van der Waals surface area contributed by atoms with Gasteiger partial charge in [-0.15, -0.1) is 0 Å². The maximum absolute atomic E-state index is 13.2. The van der Waals surface area contributed by atoms with Crippen LogP contribution in [0.5, 0.6) is 11.8 Å². The molecule has 3 rings (SSSR count). The second kappa shape index (κ2) is 5.77. The summed E-state index contributed by atoms with van der Waals surface area (Å²) in [6, 6.07) is 5.31. The lowest BCUT2D eigenvalue weighted by Gasteiger charge is -2.10. The van der Waals surface area contributed by atoms with Gasteiger partial charge in [0, 0.05) is 36.1 Å². The van der Waals surface area contributed by atoms with E-state index in [0.717, 1.165) is 23.4 Å². The Morgan fingerprint density at radius 1 is 1.33 bits per heavy atom. The van der Waals surface area contributed by atoms with Crippen molar-refractivity contribution in [2.24, 2.45) is 0 Å². The first kappa shape index (κ1) is 13.9. The molecular formula is C16H18FN3O. The third kappa shape index (κ3) is 3.55. The molecular weight excluding hydrogens is 269 g/mol. The maximum atomic E-state index is 13.2. The predicted octanol–water partition coefficient (Wildman–Crippen LogP) is 3.28. The summed E-state index contributed by atoms with van der Waals surface area (Å²) in [7, 11) is 0. The van der Waals surface area contributed by atoms with Crippen molar-refractivity contribution >= 4 is 0 Å². The second-order valence-corrected chi connectivity index (χ2v) is 5.43. The highest BCUT2D eigenvalue weighted by Crippen LogP contribution is 2.24. The zero-order valence-electron chi connectivity index (χ0n) is 12.2. The van der Waals surface area contributed by atoms with Gasteiger partial charge >= 0.3 is 6.01 Å². The Hall–Kier alpha value is -2.01. The zero-order chi connectivity index (χ0) is 14.8. The van der Waals surface area contributed by atoms with Crippen LogP contribution in [0.1, 0.15) is 29.7 Å². The van der Waals surface area contributed by atoms with Crippen molar-refractivity contribution in [3.05, 3.63) is 47.0 Å². The third-order valence-electron chi connectivity index (χ3n) is 3.57. The molecule has 1 fully saturated rings. The number of rotatable bonds is 5. The molecule has 1 aromatic carbocycles. The standard InChI is InChI=1S/C16H18FN3O/c1-10-3-4-13(17)7-15(10)21-16-19-9-12(11(2)20-16)8-18-14-5-6-14/h3-4,7,9,14,18H,5-6,8H2,1-2H3. The SMILES string of the molecule is Cc1ccc(F)cc1Oc1ncc(CNC2CC2)c(C)n1. The van der Waals surface area contributed by atoms with Crippen LogP contribution >= 0.6 is 0 Å². The molecule has 0 unspecified atom stereocenters. The third-order valence-corrected chi connectivity index (χ3v) is 3.57. The summed E-state index contributed by atoms with van der Waals surface area (Å²) in [4.78, 5) is 8.55. The van der Waals surface area contributed by atoms with Gasteiger partial charge in [0.25, 0.3) is 0 Å². The van der Waals surface area contributed by atoms with Crippen LogP contribution in [0.25, 0.3) is 0 Å². The van der Waals surface area contributed by atoms with Gasteiger partial charge in [0.2, 0.25) is 0 Å². The van der Waals surface area contributed by atoms with Crippen LogP contribution < -0.4 is 10.1 Å². The number of hydrogen-bond acceptors (Lipinski definition) is 4. The summed E-state index contributed by atoms with van der Waals surface area (Å²) in [6.45, 7) is 4.56. The van der Waals surface area contributed by atoms with E-state index in [1.165, 1.54) is 25.0 Å². The molecule has 0 saturated heterocycles. The monoisotopic (exact) mass is 287 g/mol. The molecule has 0 aliphatic heterocycles. The van der Waals surface area contributed by atoms with Gasteiger partial charge in [0.15, 0.2) is 0 Å². The first-order chi connectivity index (χ1) is 10.1. The van der Waals surface area contributed by atoms with Gasteiger partial charge in [-0.3, -0.25) is 0 Å². The fraction of sp³-hybridized carbons (Fsp3) is 0.375. The lowest BCUT2D eigenvalue weighted by molar-refractivity contribution is 0.432. The fourth-order valence-electron chi connectivity index (χ4n) is 2.02. The number of benzene rings is 1. The van der Waals surface area contributed by atoms with E-state index in [-0.39, 0.29) is 11.8 Å². The molecule has 110 valence electrons. The Morgan fingerprint density at radius 2 is 2.14 bits per heavy atom. The van der Waals surface area contributed by atoms with Crippen molar-refractivity contribution in [3.63, 3.8) is 0 Å². The Kier molecular flexibility index (Phi) is 3.84. The van der Waals surface area contributed by atoms with Crippen LogP contribution in [0, 0.1) is 19.7 Å². The number of nitrogens with one attached hydrogen (secondary N) is 1. The molecule has 1 N–H and O–H groups in total. The van der Waals surface area contributed by atoms with E-state index < -0.39 is 0 Å². The highest BCUT2D eigenvalue weighted by Gasteiger charge is 2.20. The van der Waals surface area contributed by atoms with E-state index in [0.29, 0.717) is 11.8 Å². The normalized spacial score (nSPS) is 14.2. The Balaban J connectivity index is 1.73. The second-order valence-electron chi connectivity index (χ2n) is 5.43. The summed E-state index contributed by atoms with van der Waals surface area (Å²) in [5.74, 6) is 0.107. The topological polar surface area (TPSA) is 47.0 Å². The molecule has 1 saturated carbocycles. The Morgan fingerprint density at radius 3 is 2.86 bits per heavy atom. The molecule has 5 heteroatoms. The molecule has 21 heavy (non-hydrogen) atoms. The van der Waals surface area contributed by atoms with Gasteiger partial charge < -0.3 is 10.1 Å². The number of hydrogen-bond donors (Lipinski definition) is 1. The zero-order valence-corrected chi connectivity index (χ0v) is 12.2. The van der Waals surface area contributed by atoms with Gasteiger partial charge in [-0.25, -0.2) is 9.37 Å². The number of aromatic nitrogens is 2. The lowest BCUT2D eigenvalue weighted by Crippen LogP contribution is -2.16. The van der Waals surface area contributed by atoms with Crippen LogP contribution in [-0.2, 0) is 6.54 Å². The lowest BCUT2D eigenvalue weighted by atomic mass is 10.2. The van der Waals surface area contributed by atoms with Crippen LogP contribution in [0.4, 0.5) is 4.39 Å². The van der Waals surface area contributed by atoms with Crippen LogP contribution in [0.3, 0.4) is 0 Å². The van der Waals surface area contributed by atoms with E-state index in [1.807, 2.05) is 13.8 Å². The highest BCUT2D eigenvalue weighted by molar-refractivity contribution is 5.34. The van der Waals surface area contributed by atoms with Gasteiger partial charge in [-0.1, -0.05) is 6.07 Å². The summed E-state index contributed by atoms with van der Waals surface area (Å²) >= 11 is 0. The van der Waals surface area contributed by atoms with Crippen LogP contribution in [0.15, 0.2) is 24.4 Å². The fourth-order valence-corrected chi connectivity index (χ4v) is 2.02. The summed E-state index contributed by atoms with van der Waals surface area (Å²) in [5, 5.41) is 3.43. The first-order valence-electron chi connectivity index (χ1n) is 7.12. The van der Waals surface area contributed by atoms with Gasteiger partial charge in [-0.2, -0.15) is 4.98 Å². The largest absolute Gasteiger partial charge is 0.424 e. The number of ether oxygens (including phenoxy) is 1. The Labute approximate surface area is 123 Å². The minimum atomic E-state index is -0.336. The predicted molar refractivity (Wildman–Crippen MR) is 77.8 cm³/mol. The molecule has 0 radical (unpaired) electrons. The molecule has 1 aromatic heterocycles. The van der Waals surface area contributed by atoms with Crippen molar-refractivity contribution in [1.82, 2.24) is 15.3 Å². The van der Waals surface area contributed by atoms with Crippen molar-refractivity contribution in [1.29, 1.82) is 0 Å². The quantitative estimate of drug-likeness (QED) is 0.916. The number of halogens is 1. The molecule has 2 aromatic rings. The molecule has 1 heterocycles. The Bertz CT molecular complexity index is 656. The van der Waals surface area contributed by atoms with Crippen molar-refractivity contribution in [2.45, 2.75) is 39.3 Å². The summed E-state index contributed by atoms with van der Waals surface area (Å²) in [5.41, 5.74) is 2.78. The first-order valence-corrected chi connectivity index (χ1v) is 7.12. The minimum Gasteiger partial charge on any atom is -0.424 e. The van der Waals surface area contributed by atoms with Crippen molar-refractivity contribution < 1.29 is 9.13 Å². The highest BCUT2D eigenvalue weighted by atomic mass is 19.1.